The van der Waals surface area contributed by atoms with Crippen LogP contribution in [0.2, 0.25) is 0 Å². The van der Waals surface area contributed by atoms with Gasteiger partial charge >= 0.3 is 5.97 Å². The monoisotopic (exact) mass is 275 g/mol. The number of esters is 1. The lowest BCUT2D eigenvalue weighted by Gasteiger charge is -2.21. The molecule has 20 heavy (non-hydrogen) atoms. The first kappa shape index (κ1) is 14.6. The lowest BCUT2D eigenvalue weighted by Crippen LogP contribution is -2.38. The van der Waals surface area contributed by atoms with Crippen LogP contribution in [0.3, 0.4) is 0 Å². The van der Waals surface area contributed by atoms with Gasteiger partial charge in [0.1, 0.15) is 11.6 Å². The van der Waals surface area contributed by atoms with E-state index in [1.165, 1.54) is 0 Å². The van der Waals surface area contributed by atoms with Crippen molar-refractivity contribution in [1.82, 2.24) is 5.32 Å². The van der Waals surface area contributed by atoms with Gasteiger partial charge in [0.05, 0.1) is 0 Å². The third-order valence-electron chi connectivity index (χ3n) is 3.22. The van der Waals surface area contributed by atoms with Crippen molar-refractivity contribution in [2.75, 3.05) is 0 Å². The maximum atomic E-state index is 12.0. The van der Waals surface area contributed by atoms with Gasteiger partial charge in [0.25, 0.3) is 0 Å². The average Bonchev–Trinajstić information content (AvgIpc) is 2.70. The van der Waals surface area contributed by atoms with Gasteiger partial charge in [-0.2, -0.15) is 0 Å². The molecule has 1 aromatic carbocycles. The number of benzene rings is 1. The largest absolute Gasteiger partial charge is 0.458 e. The molecule has 0 aliphatic carbocycles. The van der Waals surface area contributed by atoms with Gasteiger partial charge in [-0.15, -0.1) is 0 Å². The number of carbonyl (C=O) groups excluding carboxylic acids is 2. The molecule has 0 spiro atoms. The molecule has 1 saturated heterocycles. The molecule has 1 aromatic rings. The Kier molecular flexibility index (Phi) is 4.12. The van der Waals surface area contributed by atoms with Crippen LogP contribution in [0.4, 0.5) is 0 Å². The van der Waals surface area contributed by atoms with E-state index in [0.29, 0.717) is 12.8 Å². The highest BCUT2D eigenvalue weighted by Gasteiger charge is 2.38. The maximum absolute atomic E-state index is 12.0. The van der Waals surface area contributed by atoms with Gasteiger partial charge in [0, 0.05) is 5.92 Å². The Labute approximate surface area is 119 Å². The van der Waals surface area contributed by atoms with E-state index < -0.39 is 11.6 Å². The van der Waals surface area contributed by atoms with E-state index >= 15 is 0 Å². The molecule has 4 heteroatoms. The van der Waals surface area contributed by atoms with Crippen molar-refractivity contribution in [3.8, 4) is 0 Å². The summed E-state index contributed by atoms with van der Waals surface area (Å²) in [5.41, 5.74) is 0.580. The van der Waals surface area contributed by atoms with Gasteiger partial charge in [0.2, 0.25) is 5.91 Å². The summed E-state index contributed by atoms with van der Waals surface area (Å²) in [5.74, 6) is -0.568. The zero-order valence-corrected chi connectivity index (χ0v) is 12.2. The smallest absolute Gasteiger partial charge is 0.329 e. The van der Waals surface area contributed by atoms with Crippen LogP contribution < -0.4 is 5.32 Å². The van der Waals surface area contributed by atoms with Crippen molar-refractivity contribution in [3.63, 3.8) is 0 Å². The van der Waals surface area contributed by atoms with Gasteiger partial charge in [-0.3, -0.25) is 4.79 Å². The topological polar surface area (TPSA) is 55.4 Å². The number of hydrogen-bond donors (Lipinski definition) is 1. The van der Waals surface area contributed by atoms with Crippen LogP contribution in [0.15, 0.2) is 30.3 Å². The molecule has 1 amide bonds. The fraction of sp³-hybridized carbons (Fsp3) is 0.500. The molecule has 1 fully saturated rings. The molecule has 1 aliphatic rings. The van der Waals surface area contributed by atoms with Crippen LogP contribution in [-0.4, -0.2) is 23.5 Å². The fourth-order valence-electron chi connectivity index (χ4n) is 2.34. The first-order chi connectivity index (χ1) is 9.35. The summed E-state index contributed by atoms with van der Waals surface area (Å²) in [4.78, 5) is 23.9. The van der Waals surface area contributed by atoms with E-state index in [1.54, 1.807) is 0 Å². The number of ether oxygens (including phenoxy) is 1. The molecule has 0 bridgehead atoms. The Morgan fingerprint density at radius 3 is 2.55 bits per heavy atom. The summed E-state index contributed by atoms with van der Waals surface area (Å²) in [7, 11) is 0. The Hall–Kier alpha value is -1.84. The predicted molar refractivity (Wildman–Crippen MR) is 76.0 cm³/mol. The van der Waals surface area contributed by atoms with Crippen molar-refractivity contribution < 1.29 is 14.3 Å². The standard InChI is InChI=1S/C16H21NO3/c1-16(2,3)20-15(19)13-10-12(14(18)17-13)9-11-7-5-4-6-8-11/h4-8,12-13H,9-10H2,1-3H3,(H,17,18)/t12-,13-/m0/s1. The minimum absolute atomic E-state index is 0.0651. The second kappa shape index (κ2) is 5.65. The van der Waals surface area contributed by atoms with Gasteiger partial charge < -0.3 is 10.1 Å². The SMILES string of the molecule is CC(C)(C)OC(=O)[C@@H]1C[C@H](Cc2ccccc2)C(=O)N1. The van der Waals surface area contributed by atoms with Crippen LogP contribution >= 0.6 is 0 Å². The van der Waals surface area contributed by atoms with Gasteiger partial charge in [-0.25, -0.2) is 4.79 Å². The number of nitrogens with one attached hydrogen (secondary N) is 1. The molecule has 1 aliphatic heterocycles. The molecule has 4 nitrogen and oxygen atoms in total. The highest BCUT2D eigenvalue weighted by Crippen LogP contribution is 2.22. The summed E-state index contributed by atoms with van der Waals surface area (Å²) in [6, 6.07) is 9.32. The summed E-state index contributed by atoms with van der Waals surface area (Å²) in [6.45, 7) is 5.47. The highest BCUT2D eigenvalue weighted by molar-refractivity contribution is 5.90. The number of rotatable bonds is 3. The third-order valence-corrected chi connectivity index (χ3v) is 3.22. The Morgan fingerprint density at radius 1 is 1.30 bits per heavy atom. The fourth-order valence-corrected chi connectivity index (χ4v) is 2.34. The van der Waals surface area contributed by atoms with E-state index in [2.05, 4.69) is 5.32 Å². The van der Waals surface area contributed by atoms with Gasteiger partial charge in [0.15, 0.2) is 0 Å². The van der Waals surface area contributed by atoms with Crippen molar-refractivity contribution in [2.45, 2.75) is 45.3 Å². The van der Waals surface area contributed by atoms with Gasteiger partial charge in [-0.1, -0.05) is 30.3 Å². The molecule has 2 atom stereocenters. The number of amides is 1. The molecule has 0 unspecified atom stereocenters. The van der Waals surface area contributed by atoms with E-state index in [1.807, 2.05) is 51.1 Å². The molecule has 0 radical (unpaired) electrons. The predicted octanol–water partition coefficient (Wildman–Crippen LogP) is 2.08. The summed E-state index contributed by atoms with van der Waals surface area (Å²) in [5, 5.41) is 2.73. The number of hydrogen-bond acceptors (Lipinski definition) is 3. The lowest BCUT2D eigenvalue weighted by atomic mass is 9.96. The third kappa shape index (κ3) is 3.83. The quantitative estimate of drug-likeness (QED) is 0.859. The molecular weight excluding hydrogens is 254 g/mol. The summed E-state index contributed by atoms with van der Waals surface area (Å²) >= 11 is 0. The zero-order chi connectivity index (χ0) is 14.8. The van der Waals surface area contributed by atoms with E-state index in [9.17, 15) is 9.59 Å². The second-order valence-electron chi connectivity index (χ2n) is 6.22. The Balaban J connectivity index is 1.95. The average molecular weight is 275 g/mol. The molecule has 0 aromatic heterocycles. The van der Waals surface area contributed by atoms with Crippen molar-refractivity contribution >= 4 is 11.9 Å². The van der Waals surface area contributed by atoms with Crippen LogP contribution in [0.25, 0.3) is 0 Å². The number of carbonyl (C=O) groups is 2. The Bertz CT molecular complexity index is 490. The van der Waals surface area contributed by atoms with E-state index in [0.717, 1.165) is 5.56 Å². The first-order valence-corrected chi connectivity index (χ1v) is 6.92. The maximum Gasteiger partial charge on any atom is 0.329 e. The molecule has 108 valence electrons. The van der Waals surface area contributed by atoms with E-state index in [-0.39, 0.29) is 17.8 Å². The molecular formula is C16H21NO3. The van der Waals surface area contributed by atoms with Crippen LogP contribution in [0.1, 0.15) is 32.8 Å². The molecule has 2 rings (SSSR count). The minimum atomic E-state index is -0.528. The van der Waals surface area contributed by atoms with Crippen LogP contribution in [-0.2, 0) is 20.7 Å². The molecule has 1 N–H and O–H groups in total. The first-order valence-electron chi connectivity index (χ1n) is 6.92. The van der Waals surface area contributed by atoms with Crippen molar-refractivity contribution in [3.05, 3.63) is 35.9 Å². The highest BCUT2D eigenvalue weighted by atomic mass is 16.6. The van der Waals surface area contributed by atoms with Crippen LogP contribution in [0, 0.1) is 5.92 Å². The van der Waals surface area contributed by atoms with Crippen molar-refractivity contribution in [2.24, 2.45) is 5.92 Å². The van der Waals surface area contributed by atoms with Crippen LogP contribution in [0.5, 0.6) is 0 Å². The van der Waals surface area contributed by atoms with E-state index in [4.69, 9.17) is 4.74 Å². The summed E-state index contributed by atoms with van der Waals surface area (Å²) in [6.07, 6.45) is 1.16. The molecule has 0 saturated carbocycles. The zero-order valence-electron chi connectivity index (χ0n) is 12.2. The minimum Gasteiger partial charge on any atom is -0.458 e. The molecule has 1 heterocycles. The lowest BCUT2D eigenvalue weighted by molar-refractivity contribution is -0.157. The second-order valence-corrected chi connectivity index (χ2v) is 6.22. The normalized spacial score (nSPS) is 22.4. The van der Waals surface area contributed by atoms with Gasteiger partial charge in [-0.05, 0) is 39.2 Å². The Morgan fingerprint density at radius 2 is 1.95 bits per heavy atom. The summed E-state index contributed by atoms with van der Waals surface area (Å²) < 4.78 is 5.31. The van der Waals surface area contributed by atoms with Crippen molar-refractivity contribution in [1.29, 1.82) is 0 Å².